The molecular formula is C35H26N4O11S2. The molecule has 0 aromatic heterocycles. The number of hydrogen-bond acceptors (Lipinski definition) is 9. The summed E-state index contributed by atoms with van der Waals surface area (Å²) in [5, 5.41) is 25.7. The number of fused-ring (bicyclic) bond motifs is 2. The Bertz CT molecular complexity index is 2320. The molecule has 0 saturated heterocycles. The molecule has 17 heteroatoms. The molecule has 2 aromatic rings. The lowest BCUT2D eigenvalue weighted by molar-refractivity contribution is 0.0994. The second-order valence-electron chi connectivity index (χ2n) is 11.5. The monoisotopic (exact) mass is 742 g/mol. The second kappa shape index (κ2) is 13.8. The van der Waals surface area contributed by atoms with Gasteiger partial charge in [0.15, 0.2) is 0 Å². The molecule has 0 fully saturated rings. The molecule has 52 heavy (non-hydrogen) atoms. The molecule has 2 aromatic carbocycles. The largest absolute Gasteiger partial charge is 0.508 e. The third-order valence-electron chi connectivity index (χ3n) is 8.08. The van der Waals surface area contributed by atoms with Gasteiger partial charge in [-0.2, -0.15) is 16.8 Å². The molecule has 264 valence electrons. The third kappa shape index (κ3) is 7.72. The summed E-state index contributed by atoms with van der Waals surface area (Å²) in [7, 11) is -8.94. The van der Waals surface area contributed by atoms with Crippen LogP contribution in [0.15, 0.2) is 151 Å². The minimum absolute atomic E-state index is 0.174. The van der Waals surface area contributed by atoms with Crippen molar-refractivity contribution in [3.63, 3.8) is 0 Å². The standard InChI is InChI=1S/C35H26N4O11S2/c40-31-15-13-29(25-11-9-23(17-27(25)31)51(45,46)47)38-33(42)19-1-5-21(6-2-19)36-35(44)37-22-7-3-20(4-8-22)34(43)39-30-14-16-32(41)28-18-24(52(48,49)50)10-12-26(28)30/h1-16,40-41H,17-18H2,(H2,36,37,44)(H,45,46,47)(H,48,49,50). The first-order valence-corrected chi connectivity index (χ1v) is 18.0. The molecule has 0 radical (unpaired) electrons. The van der Waals surface area contributed by atoms with Crippen LogP contribution in [0.5, 0.6) is 0 Å². The topological polar surface area (TPSA) is 249 Å². The van der Waals surface area contributed by atoms with Crippen molar-refractivity contribution >= 4 is 60.9 Å². The fourth-order valence-electron chi connectivity index (χ4n) is 5.43. The van der Waals surface area contributed by atoms with Gasteiger partial charge in [0.2, 0.25) is 0 Å². The van der Waals surface area contributed by atoms with E-state index in [4.69, 9.17) is 0 Å². The van der Waals surface area contributed by atoms with Gasteiger partial charge in [0.25, 0.3) is 32.1 Å². The van der Waals surface area contributed by atoms with Crippen molar-refractivity contribution in [3.05, 3.63) is 152 Å². The first-order valence-electron chi connectivity index (χ1n) is 15.1. The van der Waals surface area contributed by atoms with E-state index < -0.39 is 38.1 Å². The Morgan fingerprint density at radius 2 is 0.923 bits per heavy atom. The molecule has 0 heterocycles. The van der Waals surface area contributed by atoms with Crippen LogP contribution in [0.3, 0.4) is 0 Å². The highest BCUT2D eigenvalue weighted by Crippen LogP contribution is 2.34. The molecule has 0 aliphatic heterocycles. The van der Waals surface area contributed by atoms with Crippen molar-refractivity contribution in [1.29, 1.82) is 0 Å². The number of benzene rings is 2. The lowest BCUT2D eigenvalue weighted by Gasteiger charge is -2.20. The van der Waals surface area contributed by atoms with Crippen LogP contribution in [0.25, 0.3) is 0 Å². The Balaban J connectivity index is 1.07. The molecule has 0 saturated carbocycles. The number of hydrogen-bond donors (Lipinski definition) is 6. The number of nitrogens with zero attached hydrogens (tertiary/aromatic N) is 2. The minimum Gasteiger partial charge on any atom is -0.508 e. The van der Waals surface area contributed by atoms with Crippen molar-refractivity contribution in [3.8, 4) is 0 Å². The van der Waals surface area contributed by atoms with Gasteiger partial charge in [-0.05, 0) is 85.0 Å². The number of anilines is 2. The quantitative estimate of drug-likeness (QED) is 0.203. The van der Waals surface area contributed by atoms with E-state index in [2.05, 4.69) is 20.6 Å². The maximum atomic E-state index is 12.9. The van der Waals surface area contributed by atoms with E-state index in [9.17, 15) is 50.5 Å². The van der Waals surface area contributed by atoms with Crippen LogP contribution in [0.4, 0.5) is 16.2 Å². The SMILES string of the molecule is O=C(Nc1ccc(C(=O)N=C2C=CC(O)=C3CC(S(=O)(=O)O)=CC=C23)cc1)Nc1ccc(C(=O)N=C2C=CC(O)=C3CC(S(=O)(=O)O)=CC=C23)cc1. The van der Waals surface area contributed by atoms with Crippen LogP contribution in [0.1, 0.15) is 33.6 Å². The molecule has 0 unspecified atom stereocenters. The van der Waals surface area contributed by atoms with E-state index >= 15 is 0 Å². The molecule has 0 bridgehead atoms. The van der Waals surface area contributed by atoms with Gasteiger partial charge >= 0.3 is 6.03 Å². The summed E-state index contributed by atoms with van der Waals surface area (Å²) in [6, 6.07) is 11.0. The van der Waals surface area contributed by atoms with Gasteiger partial charge in [-0.25, -0.2) is 14.8 Å². The Morgan fingerprint density at radius 3 is 1.27 bits per heavy atom. The number of urea groups is 1. The average molecular weight is 743 g/mol. The fraction of sp³-hybridized carbons (Fsp3) is 0.0571. The number of nitrogens with one attached hydrogen (secondary N) is 2. The maximum absolute atomic E-state index is 12.9. The van der Waals surface area contributed by atoms with E-state index in [1.807, 2.05) is 0 Å². The summed E-state index contributed by atoms with van der Waals surface area (Å²) < 4.78 is 64.8. The van der Waals surface area contributed by atoms with E-state index in [0.29, 0.717) is 22.5 Å². The van der Waals surface area contributed by atoms with Crippen molar-refractivity contribution in [2.45, 2.75) is 12.8 Å². The molecule has 15 nitrogen and oxygen atoms in total. The van der Waals surface area contributed by atoms with Crippen molar-refractivity contribution < 1.29 is 50.5 Å². The van der Waals surface area contributed by atoms with Crippen LogP contribution in [0.2, 0.25) is 0 Å². The Morgan fingerprint density at radius 1 is 0.558 bits per heavy atom. The number of aliphatic imine (C=N–C) groups is 2. The first kappa shape index (κ1) is 35.6. The van der Waals surface area contributed by atoms with Gasteiger partial charge in [-0.1, -0.05) is 12.2 Å². The van der Waals surface area contributed by atoms with Crippen molar-refractivity contribution in [2.24, 2.45) is 9.98 Å². The second-order valence-corrected chi connectivity index (χ2v) is 14.4. The highest BCUT2D eigenvalue weighted by Gasteiger charge is 2.29. The van der Waals surface area contributed by atoms with Gasteiger partial charge in [0, 0.05) is 57.6 Å². The number of aliphatic hydroxyl groups is 2. The summed E-state index contributed by atoms with van der Waals surface area (Å²) in [6.07, 6.45) is 9.82. The first-order chi connectivity index (χ1) is 24.6. The van der Waals surface area contributed by atoms with Crippen LogP contribution >= 0.6 is 0 Å². The normalized spacial score (nSPS) is 18.6. The van der Waals surface area contributed by atoms with E-state index in [1.54, 1.807) is 0 Å². The summed E-state index contributed by atoms with van der Waals surface area (Å²) in [5.74, 6) is -1.72. The highest BCUT2D eigenvalue weighted by molar-refractivity contribution is 7.90. The predicted molar refractivity (Wildman–Crippen MR) is 191 cm³/mol. The zero-order valence-corrected chi connectivity index (χ0v) is 28.1. The van der Waals surface area contributed by atoms with Crippen LogP contribution in [0, 0.1) is 0 Å². The summed E-state index contributed by atoms with van der Waals surface area (Å²) in [4.78, 5) is 46.1. The summed E-state index contributed by atoms with van der Waals surface area (Å²) in [6.45, 7) is 0. The van der Waals surface area contributed by atoms with Crippen molar-refractivity contribution in [2.75, 3.05) is 10.6 Å². The van der Waals surface area contributed by atoms with Gasteiger partial charge < -0.3 is 20.8 Å². The van der Waals surface area contributed by atoms with Crippen LogP contribution in [-0.2, 0) is 20.2 Å². The summed E-state index contributed by atoms with van der Waals surface area (Å²) in [5.41, 5.74) is 2.42. The Labute approximate surface area is 296 Å². The predicted octanol–water partition coefficient (Wildman–Crippen LogP) is 5.46. The third-order valence-corrected chi connectivity index (χ3v) is 9.96. The lowest BCUT2D eigenvalue weighted by atomic mass is 9.89. The molecule has 0 atom stereocenters. The smallest absolute Gasteiger partial charge is 0.323 e. The Kier molecular flexibility index (Phi) is 9.44. The molecule has 4 aliphatic carbocycles. The number of carbonyl (C=O) groups is 3. The number of amides is 4. The van der Waals surface area contributed by atoms with E-state index in [-0.39, 0.29) is 67.9 Å². The fourth-order valence-corrected chi connectivity index (χ4v) is 6.56. The van der Waals surface area contributed by atoms with Crippen molar-refractivity contribution in [1.82, 2.24) is 0 Å². The Hall–Kier alpha value is -6.27. The molecular weight excluding hydrogens is 717 g/mol. The molecule has 0 spiro atoms. The van der Waals surface area contributed by atoms with E-state index in [0.717, 1.165) is 0 Å². The van der Waals surface area contributed by atoms with Crippen LogP contribution in [-0.4, -0.2) is 65.4 Å². The number of allylic oxidation sites excluding steroid dienone is 14. The number of carbonyl (C=O) groups excluding carboxylic acids is 3. The molecule has 6 N–H and O–H groups in total. The van der Waals surface area contributed by atoms with Gasteiger partial charge in [0.1, 0.15) is 11.5 Å². The van der Waals surface area contributed by atoms with E-state index in [1.165, 1.54) is 97.1 Å². The van der Waals surface area contributed by atoms with Gasteiger partial charge in [-0.3, -0.25) is 18.7 Å². The maximum Gasteiger partial charge on any atom is 0.323 e. The highest BCUT2D eigenvalue weighted by atomic mass is 32.2. The molecule has 6 rings (SSSR count). The lowest BCUT2D eigenvalue weighted by Crippen LogP contribution is -2.19. The number of rotatable bonds is 6. The van der Waals surface area contributed by atoms with Gasteiger partial charge in [-0.15, -0.1) is 0 Å². The van der Waals surface area contributed by atoms with Crippen LogP contribution < -0.4 is 10.6 Å². The summed E-state index contributed by atoms with van der Waals surface area (Å²) >= 11 is 0. The zero-order chi connectivity index (χ0) is 37.4. The van der Waals surface area contributed by atoms with Gasteiger partial charge in [0.05, 0.1) is 21.2 Å². The average Bonchev–Trinajstić information content (AvgIpc) is 3.10. The molecule has 4 aliphatic rings. The minimum atomic E-state index is -4.47. The zero-order valence-electron chi connectivity index (χ0n) is 26.5. The number of aliphatic hydroxyl groups excluding tert-OH is 2. The molecule has 4 amide bonds.